The standard InChI is InChI=1S/C18H22FNO/c1-12(2)17-5-4-13(3)6-18(17)21-11-15-7-14(10-20)8-16(19)9-15/h4-9,12H,10-11,20H2,1-3H3. The van der Waals surface area contributed by atoms with Crippen LogP contribution < -0.4 is 10.5 Å². The van der Waals surface area contributed by atoms with Crippen LogP contribution in [0.25, 0.3) is 0 Å². The van der Waals surface area contributed by atoms with Crippen molar-refractivity contribution >= 4 is 0 Å². The van der Waals surface area contributed by atoms with Gasteiger partial charge in [-0.25, -0.2) is 4.39 Å². The molecule has 3 heteroatoms. The molecule has 0 fully saturated rings. The molecule has 0 saturated carbocycles. The molecule has 2 nitrogen and oxygen atoms in total. The predicted molar refractivity (Wildman–Crippen MR) is 83.9 cm³/mol. The molecule has 0 saturated heterocycles. The Kier molecular flexibility index (Phi) is 4.97. The minimum Gasteiger partial charge on any atom is -0.489 e. The zero-order valence-corrected chi connectivity index (χ0v) is 12.8. The molecule has 0 aliphatic carbocycles. The highest BCUT2D eigenvalue weighted by Crippen LogP contribution is 2.28. The van der Waals surface area contributed by atoms with Crippen molar-refractivity contribution in [3.8, 4) is 5.75 Å². The minimum atomic E-state index is -0.273. The van der Waals surface area contributed by atoms with Crippen LogP contribution in [-0.2, 0) is 13.2 Å². The highest BCUT2D eigenvalue weighted by molar-refractivity contribution is 5.39. The molecule has 2 rings (SSSR count). The molecule has 2 N–H and O–H groups in total. The summed E-state index contributed by atoms with van der Waals surface area (Å²) >= 11 is 0. The SMILES string of the molecule is Cc1ccc(C(C)C)c(OCc2cc(F)cc(CN)c2)c1. The number of rotatable bonds is 5. The van der Waals surface area contributed by atoms with Gasteiger partial charge in [0.1, 0.15) is 18.2 Å². The lowest BCUT2D eigenvalue weighted by atomic mass is 10.0. The quantitative estimate of drug-likeness (QED) is 0.890. The molecule has 0 spiro atoms. The van der Waals surface area contributed by atoms with Crippen molar-refractivity contribution in [3.63, 3.8) is 0 Å². The molecule has 112 valence electrons. The molecule has 0 radical (unpaired) electrons. The van der Waals surface area contributed by atoms with Gasteiger partial charge in [0.2, 0.25) is 0 Å². The van der Waals surface area contributed by atoms with E-state index in [9.17, 15) is 4.39 Å². The van der Waals surface area contributed by atoms with Crippen LogP contribution in [0.5, 0.6) is 5.75 Å². The van der Waals surface area contributed by atoms with E-state index in [-0.39, 0.29) is 5.82 Å². The second-order valence-electron chi connectivity index (χ2n) is 5.66. The van der Waals surface area contributed by atoms with Gasteiger partial charge in [0, 0.05) is 6.54 Å². The van der Waals surface area contributed by atoms with E-state index in [0.29, 0.717) is 19.1 Å². The first-order valence-corrected chi connectivity index (χ1v) is 7.21. The Morgan fingerprint density at radius 3 is 2.48 bits per heavy atom. The van der Waals surface area contributed by atoms with Gasteiger partial charge in [-0.05, 0) is 53.3 Å². The fourth-order valence-corrected chi connectivity index (χ4v) is 2.32. The van der Waals surface area contributed by atoms with Crippen LogP contribution >= 0.6 is 0 Å². The summed E-state index contributed by atoms with van der Waals surface area (Å²) in [5.74, 6) is 0.973. The van der Waals surface area contributed by atoms with Crippen molar-refractivity contribution in [2.45, 2.75) is 39.8 Å². The van der Waals surface area contributed by atoms with E-state index >= 15 is 0 Å². The van der Waals surface area contributed by atoms with Crippen LogP contribution in [0.15, 0.2) is 36.4 Å². The van der Waals surface area contributed by atoms with Crippen LogP contribution in [0.2, 0.25) is 0 Å². The number of halogens is 1. The smallest absolute Gasteiger partial charge is 0.123 e. The van der Waals surface area contributed by atoms with Crippen molar-refractivity contribution in [2.24, 2.45) is 5.73 Å². The van der Waals surface area contributed by atoms with E-state index in [4.69, 9.17) is 10.5 Å². The zero-order valence-electron chi connectivity index (χ0n) is 12.8. The average Bonchev–Trinajstić information content (AvgIpc) is 2.44. The van der Waals surface area contributed by atoms with Gasteiger partial charge in [-0.15, -0.1) is 0 Å². The summed E-state index contributed by atoms with van der Waals surface area (Å²) in [6, 6.07) is 11.0. The molecule has 0 atom stereocenters. The molecule has 0 unspecified atom stereocenters. The molecule has 0 bridgehead atoms. The van der Waals surface area contributed by atoms with Crippen LogP contribution in [0, 0.1) is 12.7 Å². The lowest BCUT2D eigenvalue weighted by Gasteiger charge is -2.15. The van der Waals surface area contributed by atoms with Crippen molar-refractivity contribution in [1.82, 2.24) is 0 Å². The minimum absolute atomic E-state index is 0.273. The number of aryl methyl sites for hydroxylation is 1. The van der Waals surface area contributed by atoms with Gasteiger partial charge in [0.15, 0.2) is 0 Å². The maximum Gasteiger partial charge on any atom is 0.123 e. The summed E-state index contributed by atoms with van der Waals surface area (Å²) in [5.41, 5.74) is 9.46. The molecule has 0 amide bonds. The maximum absolute atomic E-state index is 13.5. The number of hydrogen-bond acceptors (Lipinski definition) is 2. The van der Waals surface area contributed by atoms with Gasteiger partial charge in [-0.2, -0.15) is 0 Å². The van der Waals surface area contributed by atoms with E-state index in [1.54, 1.807) is 0 Å². The molecule has 2 aromatic rings. The molecular weight excluding hydrogens is 265 g/mol. The Labute approximate surface area is 125 Å². The molecule has 2 aromatic carbocycles. The van der Waals surface area contributed by atoms with Gasteiger partial charge in [-0.3, -0.25) is 0 Å². The first-order chi connectivity index (χ1) is 9.99. The molecule has 21 heavy (non-hydrogen) atoms. The van der Waals surface area contributed by atoms with Gasteiger partial charge in [0.25, 0.3) is 0 Å². The number of benzene rings is 2. The van der Waals surface area contributed by atoms with Gasteiger partial charge < -0.3 is 10.5 Å². The van der Waals surface area contributed by atoms with E-state index in [0.717, 1.165) is 28.0 Å². The number of hydrogen-bond donors (Lipinski definition) is 1. The van der Waals surface area contributed by atoms with E-state index in [1.807, 2.05) is 19.1 Å². The summed E-state index contributed by atoms with van der Waals surface area (Å²) < 4.78 is 19.4. The van der Waals surface area contributed by atoms with E-state index in [1.165, 1.54) is 12.1 Å². The third-order valence-corrected chi connectivity index (χ3v) is 3.44. The first-order valence-electron chi connectivity index (χ1n) is 7.21. The Morgan fingerprint density at radius 2 is 1.81 bits per heavy atom. The molecule has 0 aliphatic heterocycles. The molecule has 0 aliphatic rings. The van der Waals surface area contributed by atoms with Gasteiger partial charge >= 0.3 is 0 Å². The summed E-state index contributed by atoms with van der Waals surface area (Å²) in [5, 5.41) is 0. The third kappa shape index (κ3) is 4.05. The zero-order chi connectivity index (χ0) is 15.4. The maximum atomic E-state index is 13.5. The number of ether oxygens (including phenoxy) is 1. The Morgan fingerprint density at radius 1 is 1.10 bits per heavy atom. The lowest BCUT2D eigenvalue weighted by molar-refractivity contribution is 0.301. The Bertz CT molecular complexity index is 623. The van der Waals surface area contributed by atoms with Crippen LogP contribution in [0.3, 0.4) is 0 Å². The summed E-state index contributed by atoms with van der Waals surface area (Å²) in [4.78, 5) is 0. The number of nitrogens with two attached hydrogens (primary N) is 1. The normalized spacial score (nSPS) is 11.0. The Hall–Kier alpha value is -1.87. The largest absolute Gasteiger partial charge is 0.489 e. The van der Waals surface area contributed by atoms with Crippen molar-refractivity contribution in [3.05, 3.63) is 64.5 Å². The predicted octanol–water partition coefficient (Wildman–Crippen LogP) is 4.30. The summed E-state index contributed by atoms with van der Waals surface area (Å²) in [6.07, 6.45) is 0. The summed E-state index contributed by atoms with van der Waals surface area (Å²) in [7, 11) is 0. The molecule has 0 heterocycles. The van der Waals surface area contributed by atoms with Crippen LogP contribution in [0.4, 0.5) is 4.39 Å². The second kappa shape index (κ2) is 6.72. The van der Waals surface area contributed by atoms with Crippen LogP contribution in [0.1, 0.15) is 42.0 Å². The monoisotopic (exact) mass is 287 g/mol. The van der Waals surface area contributed by atoms with Crippen molar-refractivity contribution in [1.29, 1.82) is 0 Å². The summed E-state index contributed by atoms with van der Waals surface area (Å²) in [6.45, 7) is 6.96. The van der Waals surface area contributed by atoms with E-state index in [2.05, 4.69) is 26.0 Å². The Balaban J connectivity index is 2.20. The fraction of sp³-hybridized carbons (Fsp3) is 0.333. The fourth-order valence-electron chi connectivity index (χ4n) is 2.32. The van der Waals surface area contributed by atoms with Crippen LogP contribution in [-0.4, -0.2) is 0 Å². The lowest BCUT2D eigenvalue weighted by Crippen LogP contribution is -2.03. The molecule has 0 aromatic heterocycles. The highest BCUT2D eigenvalue weighted by atomic mass is 19.1. The van der Waals surface area contributed by atoms with Gasteiger partial charge in [-0.1, -0.05) is 32.0 Å². The topological polar surface area (TPSA) is 35.2 Å². The second-order valence-corrected chi connectivity index (χ2v) is 5.66. The highest BCUT2D eigenvalue weighted by Gasteiger charge is 2.09. The average molecular weight is 287 g/mol. The van der Waals surface area contributed by atoms with Crippen molar-refractivity contribution < 1.29 is 9.13 Å². The van der Waals surface area contributed by atoms with Gasteiger partial charge in [0.05, 0.1) is 0 Å². The molecular formula is C18H22FNO. The van der Waals surface area contributed by atoms with E-state index < -0.39 is 0 Å². The van der Waals surface area contributed by atoms with Crippen molar-refractivity contribution in [2.75, 3.05) is 0 Å². The first kappa shape index (κ1) is 15.5. The third-order valence-electron chi connectivity index (χ3n) is 3.44.